The van der Waals surface area contributed by atoms with Gasteiger partial charge in [0.2, 0.25) is 6.23 Å². The van der Waals surface area contributed by atoms with E-state index in [0.717, 1.165) is 28.8 Å². The third-order valence-corrected chi connectivity index (χ3v) is 3.73. The number of aryl methyl sites for hydroxylation is 1. The molecule has 0 fully saturated rings. The molecule has 2 aromatic rings. The number of ether oxygens (including phenoxy) is 1. The van der Waals surface area contributed by atoms with Crippen LogP contribution in [-0.4, -0.2) is 12.5 Å². The van der Waals surface area contributed by atoms with Gasteiger partial charge in [-0.1, -0.05) is 29.8 Å². The van der Waals surface area contributed by atoms with Gasteiger partial charge in [-0.05, 0) is 30.7 Å². The molecule has 0 radical (unpaired) electrons. The summed E-state index contributed by atoms with van der Waals surface area (Å²) in [4.78, 5) is 13.3. The minimum absolute atomic E-state index is 0.510. The minimum Gasteiger partial charge on any atom is -0.463 e. The number of carbonyl (C=O) groups is 1. The van der Waals surface area contributed by atoms with Gasteiger partial charge in [0.05, 0.1) is 6.54 Å². The topological polar surface area (TPSA) is 55.6 Å². The van der Waals surface area contributed by atoms with Gasteiger partial charge in [0.1, 0.15) is 5.75 Å². The zero-order valence-electron chi connectivity index (χ0n) is 12.0. The third kappa shape index (κ3) is 2.62. The lowest BCUT2D eigenvalue weighted by Crippen LogP contribution is -2.43. The van der Waals surface area contributed by atoms with Gasteiger partial charge in [0, 0.05) is 17.8 Å². The first kappa shape index (κ1) is 13.6. The van der Waals surface area contributed by atoms with Gasteiger partial charge in [0.15, 0.2) is 6.29 Å². The summed E-state index contributed by atoms with van der Waals surface area (Å²) in [5.41, 5.74) is 9.91. The van der Waals surface area contributed by atoms with Gasteiger partial charge in [-0.25, -0.2) is 0 Å². The molecular weight excluding hydrogens is 264 g/mol. The Labute approximate surface area is 124 Å². The van der Waals surface area contributed by atoms with Crippen LogP contribution in [0.2, 0.25) is 0 Å². The van der Waals surface area contributed by atoms with Gasteiger partial charge in [0.25, 0.3) is 0 Å². The lowest BCUT2D eigenvalue weighted by molar-refractivity contribution is -0.114. The molecule has 0 bridgehead atoms. The lowest BCUT2D eigenvalue weighted by Gasteiger charge is -2.35. The number of nitrogens with two attached hydrogens (primary N) is 1. The number of fused-ring (bicyclic) bond motifs is 1. The molecule has 1 unspecified atom stereocenters. The smallest absolute Gasteiger partial charge is 0.229 e. The number of hydrogen-bond acceptors (Lipinski definition) is 4. The summed E-state index contributed by atoms with van der Waals surface area (Å²) in [6.07, 6.45) is 0.239. The highest BCUT2D eigenvalue weighted by atomic mass is 16.5. The second-order valence-electron chi connectivity index (χ2n) is 5.25. The molecule has 1 heterocycles. The number of anilines is 1. The van der Waals surface area contributed by atoms with Crippen molar-refractivity contribution in [3.8, 4) is 5.75 Å². The summed E-state index contributed by atoms with van der Waals surface area (Å²) in [6, 6.07) is 13.9. The molecule has 2 N–H and O–H groups in total. The highest BCUT2D eigenvalue weighted by Gasteiger charge is 2.27. The molecule has 3 rings (SSSR count). The van der Waals surface area contributed by atoms with Crippen molar-refractivity contribution >= 4 is 12.0 Å². The fourth-order valence-electron chi connectivity index (χ4n) is 2.58. The summed E-state index contributed by atoms with van der Waals surface area (Å²) in [6.45, 7) is 3.21. The molecule has 2 aromatic carbocycles. The molecular formula is C17H18N2O2. The predicted octanol–water partition coefficient (Wildman–Crippen LogP) is 2.38. The van der Waals surface area contributed by atoms with Crippen LogP contribution < -0.4 is 15.4 Å². The van der Waals surface area contributed by atoms with E-state index in [9.17, 15) is 4.79 Å². The average molecular weight is 282 g/mol. The van der Waals surface area contributed by atoms with Crippen molar-refractivity contribution in [2.45, 2.75) is 26.2 Å². The van der Waals surface area contributed by atoms with Crippen molar-refractivity contribution in [3.63, 3.8) is 0 Å². The third-order valence-electron chi connectivity index (χ3n) is 3.73. The van der Waals surface area contributed by atoms with Gasteiger partial charge in [-0.2, -0.15) is 0 Å². The van der Waals surface area contributed by atoms with Crippen molar-refractivity contribution in [3.05, 3.63) is 59.2 Å². The molecule has 0 amide bonds. The second-order valence-corrected chi connectivity index (χ2v) is 5.25. The van der Waals surface area contributed by atoms with Crippen molar-refractivity contribution < 1.29 is 9.53 Å². The first-order valence-electron chi connectivity index (χ1n) is 6.98. The van der Waals surface area contributed by atoms with Crippen LogP contribution in [0.15, 0.2) is 42.5 Å². The Morgan fingerprint density at radius 3 is 2.71 bits per heavy atom. The Bertz CT molecular complexity index is 652. The number of aldehydes is 1. The number of carbonyl (C=O) groups excluding carboxylic acids is 1. The van der Waals surface area contributed by atoms with Crippen LogP contribution in [0.25, 0.3) is 0 Å². The fraction of sp³-hybridized carbons (Fsp3) is 0.235. The lowest BCUT2D eigenvalue weighted by atomic mass is 10.1. The van der Waals surface area contributed by atoms with E-state index in [1.807, 2.05) is 48.2 Å². The van der Waals surface area contributed by atoms with Crippen LogP contribution >= 0.6 is 0 Å². The van der Waals surface area contributed by atoms with Gasteiger partial charge < -0.3 is 15.4 Å². The largest absolute Gasteiger partial charge is 0.463 e. The van der Waals surface area contributed by atoms with Crippen molar-refractivity contribution in [2.75, 3.05) is 4.90 Å². The monoisotopic (exact) mass is 282 g/mol. The van der Waals surface area contributed by atoms with E-state index in [1.165, 1.54) is 5.56 Å². The van der Waals surface area contributed by atoms with E-state index in [-0.39, 0.29) is 0 Å². The zero-order chi connectivity index (χ0) is 14.8. The van der Waals surface area contributed by atoms with Crippen molar-refractivity contribution in [2.24, 2.45) is 5.73 Å². The van der Waals surface area contributed by atoms with E-state index in [1.54, 1.807) is 0 Å². The van der Waals surface area contributed by atoms with Crippen LogP contribution in [0.3, 0.4) is 0 Å². The summed E-state index contributed by atoms with van der Waals surface area (Å²) in [7, 11) is 0. The van der Waals surface area contributed by atoms with E-state index >= 15 is 0 Å². The highest BCUT2D eigenvalue weighted by Crippen LogP contribution is 2.31. The van der Waals surface area contributed by atoms with Crippen LogP contribution in [-0.2, 0) is 17.9 Å². The molecule has 0 aliphatic carbocycles. The molecule has 1 aliphatic rings. The Morgan fingerprint density at radius 2 is 2.05 bits per heavy atom. The SMILES string of the molecule is Cc1ccc2c(c1)CN(c1ccc(CN)cc1)C(C=O)O2. The maximum Gasteiger partial charge on any atom is 0.229 e. The van der Waals surface area contributed by atoms with E-state index in [0.29, 0.717) is 13.1 Å². The van der Waals surface area contributed by atoms with Gasteiger partial charge in [-0.15, -0.1) is 0 Å². The summed E-state index contributed by atoms with van der Waals surface area (Å²) in [5.74, 6) is 0.785. The molecule has 0 aromatic heterocycles. The molecule has 1 aliphatic heterocycles. The number of benzene rings is 2. The zero-order valence-corrected chi connectivity index (χ0v) is 12.0. The molecule has 108 valence electrons. The van der Waals surface area contributed by atoms with E-state index < -0.39 is 6.23 Å². The first-order valence-corrected chi connectivity index (χ1v) is 6.98. The predicted molar refractivity (Wildman–Crippen MR) is 82.2 cm³/mol. The molecule has 4 nitrogen and oxygen atoms in total. The van der Waals surface area contributed by atoms with Gasteiger partial charge >= 0.3 is 0 Å². The van der Waals surface area contributed by atoms with Gasteiger partial charge in [-0.3, -0.25) is 4.79 Å². The maximum atomic E-state index is 11.4. The minimum atomic E-state index is -0.594. The van der Waals surface area contributed by atoms with Crippen LogP contribution in [0.1, 0.15) is 16.7 Å². The van der Waals surface area contributed by atoms with Crippen molar-refractivity contribution in [1.29, 1.82) is 0 Å². The van der Waals surface area contributed by atoms with Crippen LogP contribution in [0, 0.1) is 6.92 Å². The summed E-state index contributed by atoms with van der Waals surface area (Å²) in [5, 5.41) is 0. The molecule has 1 atom stereocenters. The summed E-state index contributed by atoms with van der Waals surface area (Å²) >= 11 is 0. The molecule has 21 heavy (non-hydrogen) atoms. The van der Waals surface area contributed by atoms with Crippen LogP contribution in [0.4, 0.5) is 5.69 Å². The molecule has 0 saturated carbocycles. The Balaban J connectivity index is 1.95. The van der Waals surface area contributed by atoms with Crippen LogP contribution in [0.5, 0.6) is 5.75 Å². The Hall–Kier alpha value is -2.33. The Morgan fingerprint density at radius 1 is 1.29 bits per heavy atom. The molecule has 4 heteroatoms. The quantitative estimate of drug-likeness (QED) is 0.878. The van der Waals surface area contributed by atoms with Crippen molar-refractivity contribution in [1.82, 2.24) is 0 Å². The number of hydrogen-bond donors (Lipinski definition) is 1. The summed E-state index contributed by atoms with van der Waals surface area (Å²) < 4.78 is 5.79. The number of nitrogens with zero attached hydrogens (tertiary/aromatic N) is 1. The molecule has 0 saturated heterocycles. The normalized spacial score (nSPS) is 17.0. The number of rotatable bonds is 3. The van der Waals surface area contributed by atoms with E-state index in [4.69, 9.17) is 10.5 Å². The van der Waals surface area contributed by atoms with E-state index in [2.05, 4.69) is 6.07 Å². The molecule has 0 spiro atoms. The average Bonchev–Trinajstić information content (AvgIpc) is 2.53. The second kappa shape index (κ2) is 5.58. The maximum absolute atomic E-state index is 11.4. The highest BCUT2D eigenvalue weighted by molar-refractivity contribution is 5.67. The Kier molecular flexibility index (Phi) is 3.62. The first-order chi connectivity index (χ1) is 10.2. The standard InChI is InChI=1S/C17H18N2O2/c1-12-2-7-16-14(8-12)10-19(17(11-20)21-16)15-5-3-13(9-18)4-6-15/h2-8,11,17H,9-10,18H2,1H3. The fourth-order valence-corrected chi connectivity index (χ4v) is 2.58.